The Bertz CT molecular complexity index is 2410. The molecular formula is C51H70Cl2N10O5S2. The van der Waals surface area contributed by atoms with Gasteiger partial charge in [0.05, 0.1) is 44.5 Å². The number of carbonyl (C=O) groups is 4. The molecule has 6 rings (SSSR count). The van der Waals surface area contributed by atoms with Crippen LogP contribution >= 0.6 is 46.3 Å². The van der Waals surface area contributed by atoms with Gasteiger partial charge in [0.2, 0.25) is 23.6 Å². The van der Waals surface area contributed by atoms with E-state index in [4.69, 9.17) is 34.7 Å². The van der Waals surface area contributed by atoms with Gasteiger partial charge < -0.3 is 42.3 Å². The van der Waals surface area contributed by atoms with Gasteiger partial charge in [-0.3, -0.25) is 19.2 Å². The standard InChI is InChI=1S/C51H70Cl2N10O5S2/c1-32(34-17-19-35(20-18-34)44-33(2)58-31-69-44)59-47(67)38-27-36(64)29-63(38)49(68)45(50(3,4)5)61-42(66)16-9-7-11-24-56-41(65)15-8-6-10-21-51(30-54)22-25-62(26-23-51)40-28-57-48(46(55)60-40)70-39-14-12-13-37(52)43(39)53/h12-14,17-20,28,31-32,36,38,45,64H,6-11,15-16,21-27,29-30,54H2,1-5H3,(H2,55,60)(H,56,65)(H,59,67)(H,61,66). The van der Waals surface area contributed by atoms with Crippen molar-refractivity contribution in [3.63, 3.8) is 0 Å². The van der Waals surface area contributed by atoms with E-state index in [0.717, 1.165) is 96.9 Å². The van der Waals surface area contributed by atoms with E-state index in [-0.39, 0.29) is 48.6 Å². The Hall–Kier alpha value is -4.52. The minimum Gasteiger partial charge on any atom is -0.391 e. The number of hydrogen-bond donors (Lipinski definition) is 6. The molecule has 0 aliphatic carbocycles. The van der Waals surface area contributed by atoms with Gasteiger partial charge in [0.15, 0.2) is 5.82 Å². The smallest absolute Gasteiger partial charge is 0.246 e. The number of nitrogen functional groups attached to an aromatic ring is 1. The van der Waals surface area contributed by atoms with Gasteiger partial charge in [0.1, 0.15) is 22.9 Å². The number of piperidine rings is 1. The Labute approximate surface area is 431 Å². The molecule has 2 aliphatic rings. The van der Waals surface area contributed by atoms with E-state index in [1.807, 2.05) is 76.5 Å². The molecular weight excluding hydrogens is 968 g/mol. The third kappa shape index (κ3) is 14.8. The zero-order chi connectivity index (χ0) is 50.6. The predicted octanol–water partition coefficient (Wildman–Crippen LogP) is 8.49. The average molecular weight is 1040 g/mol. The van der Waals surface area contributed by atoms with E-state index < -0.39 is 29.5 Å². The van der Waals surface area contributed by atoms with Crippen LogP contribution in [0, 0.1) is 17.8 Å². The molecule has 4 unspecified atom stereocenters. The van der Waals surface area contributed by atoms with Crippen molar-refractivity contribution >= 4 is 81.6 Å². The van der Waals surface area contributed by atoms with Crippen LogP contribution in [0.4, 0.5) is 11.6 Å². The summed E-state index contributed by atoms with van der Waals surface area (Å²) >= 11 is 15.4. The van der Waals surface area contributed by atoms with Crippen LogP contribution < -0.4 is 32.3 Å². The highest BCUT2D eigenvalue weighted by Crippen LogP contribution is 2.40. The summed E-state index contributed by atoms with van der Waals surface area (Å²) in [7, 11) is 0. The molecule has 4 heterocycles. The highest BCUT2D eigenvalue weighted by molar-refractivity contribution is 7.99. The monoisotopic (exact) mass is 1040 g/mol. The number of β-amino-alcohol motifs (C(OH)–C–C–N with tert-alkyl or cyclic N) is 1. The van der Waals surface area contributed by atoms with Crippen LogP contribution in [0.25, 0.3) is 10.4 Å². The Morgan fingerprint density at radius 2 is 1.66 bits per heavy atom. The summed E-state index contributed by atoms with van der Waals surface area (Å²) in [6.07, 6.45) is 9.37. The lowest BCUT2D eigenvalue weighted by molar-refractivity contribution is -0.144. The molecule has 0 saturated carbocycles. The normalized spacial score (nSPS) is 17.8. The second-order valence-corrected chi connectivity index (χ2v) is 22.5. The molecule has 380 valence electrons. The molecule has 2 saturated heterocycles. The first kappa shape index (κ1) is 54.8. The van der Waals surface area contributed by atoms with E-state index in [1.165, 1.54) is 16.7 Å². The zero-order valence-electron chi connectivity index (χ0n) is 41.1. The Balaban J connectivity index is 0.846. The number of thiazole rings is 1. The number of unbranched alkanes of at least 4 members (excludes halogenated alkanes) is 4. The summed E-state index contributed by atoms with van der Waals surface area (Å²) in [6, 6.07) is 11.3. The number of nitrogens with two attached hydrogens (primary N) is 2. The number of nitrogens with zero attached hydrogens (tertiary/aromatic N) is 5. The Morgan fingerprint density at radius 3 is 2.31 bits per heavy atom. The van der Waals surface area contributed by atoms with E-state index in [0.29, 0.717) is 46.8 Å². The Kier molecular flexibility index (Phi) is 19.8. The number of likely N-dealkylation sites (tertiary alicyclic amines) is 1. The molecule has 2 aromatic carbocycles. The quantitative estimate of drug-likeness (QED) is 0.0408. The van der Waals surface area contributed by atoms with Crippen molar-refractivity contribution in [3.05, 3.63) is 75.5 Å². The number of aliphatic hydroxyl groups excluding tert-OH is 1. The maximum atomic E-state index is 14.1. The van der Waals surface area contributed by atoms with Crippen molar-refractivity contribution in [2.45, 2.75) is 146 Å². The lowest BCUT2D eigenvalue weighted by atomic mass is 9.74. The molecule has 2 fully saturated rings. The van der Waals surface area contributed by atoms with Crippen molar-refractivity contribution in [1.29, 1.82) is 0 Å². The summed E-state index contributed by atoms with van der Waals surface area (Å²) < 4.78 is 0. The number of aliphatic hydroxyl groups is 1. The van der Waals surface area contributed by atoms with Crippen molar-refractivity contribution in [3.8, 4) is 10.4 Å². The maximum Gasteiger partial charge on any atom is 0.246 e. The molecule has 4 amide bonds. The average Bonchev–Trinajstić information content (AvgIpc) is 3.95. The first-order valence-electron chi connectivity index (χ1n) is 24.4. The van der Waals surface area contributed by atoms with Crippen LogP contribution in [-0.4, -0.2) is 99.5 Å². The third-order valence-corrected chi connectivity index (χ3v) is 16.5. The molecule has 15 nitrogen and oxygen atoms in total. The first-order valence-corrected chi connectivity index (χ1v) is 26.9. The minimum absolute atomic E-state index is 0.00538. The predicted molar refractivity (Wildman–Crippen MR) is 281 cm³/mol. The number of nitrogens with one attached hydrogen (secondary N) is 3. The SMILES string of the molecule is Cc1ncsc1-c1ccc(C(C)NC(=O)C2CC(O)CN2C(=O)C(NC(=O)CCCCCNC(=O)CCCCCC2(CN)CCN(c3cnc(Sc4cccc(Cl)c4Cl)c(N)n3)CC2)C(C)(C)C)cc1. The van der Waals surface area contributed by atoms with E-state index >= 15 is 0 Å². The largest absolute Gasteiger partial charge is 0.391 e. The molecule has 8 N–H and O–H groups in total. The van der Waals surface area contributed by atoms with Gasteiger partial charge in [-0.05, 0) is 93.0 Å². The molecule has 2 aromatic heterocycles. The maximum absolute atomic E-state index is 14.1. The molecule has 4 atom stereocenters. The number of aromatic nitrogens is 3. The van der Waals surface area contributed by atoms with Crippen LogP contribution in [-0.2, 0) is 19.2 Å². The van der Waals surface area contributed by atoms with Crippen molar-refractivity contribution < 1.29 is 24.3 Å². The fourth-order valence-corrected chi connectivity index (χ4v) is 11.3. The number of halogens is 2. The summed E-state index contributed by atoms with van der Waals surface area (Å²) in [6.45, 7) is 12.2. The molecule has 0 spiro atoms. The number of amides is 4. The number of anilines is 2. The summed E-state index contributed by atoms with van der Waals surface area (Å²) in [5, 5.41) is 21.1. The van der Waals surface area contributed by atoms with E-state index in [1.54, 1.807) is 23.6 Å². The molecule has 4 aromatic rings. The molecule has 70 heavy (non-hydrogen) atoms. The fourth-order valence-electron chi connectivity index (χ4n) is 9.16. The number of carbonyl (C=O) groups excluding carboxylic acids is 4. The summed E-state index contributed by atoms with van der Waals surface area (Å²) in [5.41, 5.74) is 16.8. The second-order valence-electron chi connectivity index (χ2n) is 19.9. The van der Waals surface area contributed by atoms with Crippen molar-refractivity contribution in [2.75, 3.05) is 43.4 Å². The zero-order valence-corrected chi connectivity index (χ0v) is 44.2. The number of benzene rings is 2. The van der Waals surface area contributed by atoms with Crippen LogP contribution in [0.1, 0.15) is 122 Å². The van der Waals surface area contributed by atoms with Gasteiger partial charge in [-0.25, -0.2) is 15.0 Å². The highest BCUT2D eigenvalue weighted by Gasteiger charge is 2.45. The van der Waals surface area contributed by atoms with Crippen LogP contribution in [0.2, 0.25) is 10.0 Å². The van der Waals surface area contributed by atoms with E-state index in [2.05, 4.69) is 35.8 Å². The third-order valence-electron chi connectivity index (χ3n) is 13.5. The molecule has 19 heteroatoms. The summed E-state index contributed by atoms with van der Waals surface area (Å²) in [5.74, 6) is 0.102. The van der Waals surface area contributed by atoms with Crippen molar-refractivity contribution in [2.24, 2.45) is 16.6 Å². The second kappa shape index (κ2) is 25.2. The molecule has 0 radical (unpaired) electrons. The minimum atomic E-state index is -0.897. The number of rotatable bonds is 22. The first-order chi connectivity index (χ1) is 33.4. The summed E-state index contributed by atoms with van der Waals surface area (Å²) in [4.78, 5) is 72.7. The number of hydrogen-bond acceptors (Lipinski definition) is 13. The van der Waals surface area contributed by atoms with Gasteiger partial charge in [-0.2, -0.15) is 0 Å². The van der Waals surface area contributed by atoms with Gasteiger partial charge in [0.25, 0.3) is 0 Å². The fraction of sp³-hybridized carbons (Fsp3) is 0.549. The molecule has 0 bridgehead atoms. The number of aryl methyl sites for hydroxylation is 1. The van der Waals surface area contributed by atoms with Crippen LogP contribution in [0.15, 0.2) is 64.1 Å². The lowest BCUT2D eigenvalue weighted by Gasteiger charge is -2.42. The Morgan fingerprint density at radius 1 is 0.957 bits per heavy atom. The van der Waals surface area contributed by atoms with Crippen LogP contribution in [0.3, 0.4) is 0 Å². The topological polar surface area (TPSA) is 222 Å². The van der Waals surface area contributed by atoms with Gasteiger partial charge >= 0.3 is 0 Å². The highest BCUT2D eigenvalue weighted by atomic mass is 35.5. The van der Waals surface area contributed by atoms with Gasteiger partial charge in [0, 0.05) is 50.3 Å². The van der Waals surface area contributed by atoms with Gasteiger partial charge in [-0.15, -0.1) is 11.3 Å². The lowest BCUT2D eigenvalue weighted by Crippen LogP contribution is -2.57. The van der Waals surface area contributed by atoms with Crippen molar-refractivity contribution in [1.82, 2.24) is 35.8 Å². The molecule has 2 aliphatic heterocycles. The van der Waals surface area contributed by atoms with E-state index in [9.17, 15) is 24.3 Å². The van der Waals surface area contributed by atoms with Crippen LogP contribution in [0.5, 0.6) is 0 Å². The van der Waals surface area contributed by atoms with Gasteiger partial charge in [-0.1, -0.05) is 105 Å².